The number of alkyl halides is 1. The molecule has 17 heavy (non-hydrogen) atoms. The van der Waals surface area contributed by atoms with E-state index in [0.29, 0.717) is 11.8 Å². The summed E-state index contributed by atoms with van der Waals surface area (Å²) in [6, 6.07) is 10.2. The highest BCUT2D eigenvalue weighted by molar-refractivity contribution is 6.17. The summed E-state index contributed by atoms with van der Waals surface area (Å²) in [5, 5.41) is 4.62. The van der Waals surface area contributed by atoms with Crippen LogP contribution in [0.4, 0.5) is 0 Å². The fraction of sp³-hybridized carbons (Fsp3) is 0.357. The van der Waals surface area contributed by atoms with Crippen molar-refractivity contribution >= 4 is 11.6 Å². The lowest BCUT2D eigenvalue weighted by molar-refractivity contribution is 0.484. The second kappa shape index (κ2) is 5.37. The van der Waals surface area contributed by atoms with Crippen LogP contribution in [0.15, 0.2) is 36.5 Å². The standard InChI is InChI=1S/C14H17ClN2/c1-11(2)9-17-10-13(8-15)14(16-17)12-6-4-3-5-7-12/h3-7,10-11H,8-9H2,1-2H3. The van der Waals surface area contributed by atoms with Gasteiger partial charge in [-0.3, -0.25) is 4.68 Å². The SMILES string of the molecule is CC(C)Cn1cc(CCl)c(-c2ccccc2)n1. The van der Waals surface area contributed by atoms with E-state index in [9.17, 15) is 0 Å². The topological polar surface area (TPSA) is 17.8 Å². The van der Waals surface area contributed by atoms with E-state index in [0.717, 1.165) is 23.4 Å². The van der Waals surface area contributed by atoms with Gasteiger partial charge in [0.05, 0.1) is 11.6 Å². The van der Waals surface area contributed by atoms with E-state index >= 15 is 0 Å². The zero-order chi connectivity index (χ0) is 12.3. The molecular weight excluding hydrogens is 232 g/mol. The van der Waals surface area contributed by atoms with Crippen molar-refractivity contribution in [3.63, 3.8) is 0 Å². The van der Waals surface area contributed by atoms with E-state index in [1.807, 2.05) is 22.9 Å². The fourth-order valence-electron chi connectivity index (χ4n) is 1.87. The predicted molar refractivity (Wildman–Crippen MR) is 72.1 cm³/mol. The highest BCUT2D eigenvalue weighted by atomic mass is 35.5. The van der Waals surface area contributed by atoms with Crippen molar-refractivity contribution in [2.45, 2.75) is 26.3 Å². The molecule has 2 aromatic rings. The largest absolute Gasteiger partial charge is 0.272 e. The highest BCUT2D eigenvalue weighted by Crippen LogP contribution is 2.23. The lowest BCUT2D eigenvalue weighted by Gasteiger charge is -2.03. The Kier molecular flexibility index (Phi) is 3.85. The van der Waals surface area contributed by atoms with Crippen molar-refractivity contribution in [2.75, 3.05) is 0 Å². The number of hydrogen-bond donors (Lipinski definition) is 0. The molecule has 0 amide bonds. The molecule has 0 atom stereocenters. The molecule has 0 saturated heterocycles. The average molecular weight is 249 g/mol. The first-order valence-corrected chi connectivity index (χ1v) is 6.42. The Bertz CT molecular complexity index is 474. The maximum Gasteiger partial charge on any atom is 0.0967 e. The Balaban J connectivity index is 2.36. The van der Waals surface area contributed by atoms with E-state index in [4.69, 9.17) is 11.6 Å². The first-order valence-electron chi connectivity index (χ1n) is 5.88. The third-order valence-electron chi connectivity index (χ3n) is 2.58. The number of aromatic nitrogens is 2. The molecule has 3 heteroatoms. The third kappa shape index (κ3) is 2.89. The molecule has 0 bridgehead atoms. The van der Waals surface area contributed by atoms with Gasteiger partial charge in [-0.25, -0.2) is 0 Å². The number of rotatable bonds is 4. The fourth-order valence-corrected chi connectivity index (χ4v) is 2.06. The van der Waals surface area contributed by atoms with Crippen LogP contribution in [0.5, 0.6) is 0 Å². The van der Waals surface area contributed by atoms with Crippen LogP contribution in [0.3, 0.4) is 0 Å². The van der Waals surface area contributed by atoms with Crippen LogP contribution in [0.1, 0.15) is 19.4 Å². The molecule has 1 heterocycles. The molecule has 0 fully saturated rings. The van der Waals surface area contributed by atoms with Crippen LogP contribution >= 0.6 is 11.6 Å². The van der Waals surface area contributed by atoms with Crippen molar-refractivity contribution in [3.05, 3.63) is 42.1 Å². The lowest BCUT2D eigenvalue weighted by Crippen LogP contribution is -2.04. The Hall–Kier alpha value is -1.28. The summed E-state index contributed by atoms with van der Waals surface area (Å²) in [7, 11) is 0. The van der Waals surface area contributed by atoms with Crippen molar-refractivity contribution in [3.8, 4) is 11.3 Å². The maximum absolute atomic E-state index is 5.98. The minimum Gasteiger partial charge on any atom is -0.272 e. The van der Waals surface area contributed by atoms with Crippen molar-refractivity contribution in [1.82, 2.24) is 9.78 Å². The molecule has 0 spiro atoms. The Morgan fingerprint density at radius 1 is 1.24 bits per heavy atom. The first-order chi connectivity index (χ1) is 8.20. The normalized spacial score (nSPS) is 11.1. The molecule has 90 valence electrons. The Morgan fingerprint density at radius 2 is 1.94 bits per heavy atom. The summed E-state index contributed by atoms with van der Waals surface area (Å²) in [6.45, 7) is 5.30. The molecular formula is C14H17ClN2. The molecule has 0 radical (unpaired) electrons. The first kappa shape index (κ1) is 12.2. The van der Waals surface area contributed by atoms with Gasteiger partial charge in [-0.1, -0.05) is 44.2 Å². The van der Waals surface area contributed by atoms with E-state index in [1.54, 1.807) is 0 Å². The number of halogens is 1. The minimum atomic E-state index is 0.502. The number of nitrogens with zero attached hydrogens (tertiary/aromatic N) is 2. The summed E-state index contributed by atoms with van der Waals surface area (Å²) in [6.07, 6.45) is 2.05. The summed E-state index contributed by atoms with van der Waals surface area (Å²) in [4.78, 5) is 0. The van der Waals surface area contributed by atoms with Gasteiger partial charge in [-0.15, -0.1) is 11.6 Å². The van der Waals surface area contributed by atoms with Gasteiger partial charge < -0.3 is 0 Å². The van der Waals surface area contributed by atoms with Gasteiger partial charge in [-0.05, 0) is 5.92 Å². The monoisotopic (exact) mass is 248 g/mol. The molecule has 0 unspecified atom stereocenters. The van der Waals surface area contributed by atoms with Gasteiger partial charge in [0.2, 0.25) is 0 Å². The second-order valence-corrected chi connectivity index (χ2v) is 4.89. The molecule has 0 aliphatic carbocycles. The molecule has 1 aromatic heterocycles. The second-order valence-electron chi connectivity index (χ2n) is 4.62. The lowest BCUT2D eigenvalue weighted by atomic mass is 10.1. The van der Waals surface area contributed by atoms with Crippen LogP contribution < -0.4 is 0 Å². The van der Waals surface area contributed by atoms with E-state index in [1.165, 1.54) is 0 Å². The van der Waals surface area contributed by atoms with Crippen LogP contribution in [0.25, 0.3) is 11.3 Å². The average Bonchev–Trinajstić information content (AvgIpc) is 2.72. The van der Waals surface area contributed by atoms with Crippen LogP contribution in [0.2, 0.25) is 0 Å². The molecule has 0 aliphatic rings. The van der Waals surface area contributed by atoms with Crippen molar-refractivity contribution < 1.29 is 0 Å². The zero-order valence-corrected chi connectivity index (χ0v) is 11.0. The summed E-state index contributed by atoms with van der Waals surface area (Å²) in [5.41, 5.74) is 3.23. The molecule has 0 saturated carbocycles. The van der Waals surface area contributed by atoms with Crippen LogP contribution in [-0.2, 0) is 12.4 Å². The Morgan fingerprint density at radius 3 is 2.53 bits per heavy atom. The predicted octanol–water partition coefficient (Wildman–Crippen LogP) is 3.94. The van der Waals surface area contributed by atoms with Gasteiger partial charge in [0.15, 0.2) is 0 Å². The summed E-state index contributed by atoms with van der Waals surface area (Å²) >= 11 is 5.98. The quantitative estimate of drug-likeness (QED) is 0.750. The van der Waals surface area contributed by atoms with Gasteiger partial charge >= 0.3 is 0 Å². The van der Waals surface area contributed by atoms with Crippen molar-refractivity contribution in [2.24, 2.45) is 5.92 Å². The highest BCUT2D eigenvalue weighted by Gasteiger charge is 2.10. The van der Waals surface area contributed by atoms with E-state index < -0.39 is 0 Å². The molecule has 2 rings (SSSR count). The summed E-state index contributed by atoms with van der Waals surface area (Å²) in [5.74, 6) is 1.09. The van der Waals surface area contributed by atoms with Gasteiger partial charge in [-0.2, -0.15) is 5.10 Å². The summed E-state index contributed by atoms with van der Waals surface area (Å²) < 4.78 is 1.99. The number of hydrogen-bond acceptors (Lipinski definition) is 1. The van der Waals surface area contributed by atoms with E-state index in [2.05, 4.69) is 37.3 Å². The van der Waals surface area contributed by atoms with Crippen LogP contribution in [0, 0.1) is 5.92 Å². The van der Waals surface area contributed by atoms with Gasteiger partial charge in [0, 0.05) is 23.9 Å². The molecule has 2 nitrogen and oxygen atoms in total. The van der Waals surface area contributed by atoms with Crippen LogP contribution in [-0.4, -0.2) is 9.78 Å². The third-order valence-corrected chi connectivity index (χ3v) is 2.87. The zero-order valence-electron chi connectivity index (χ0n) is 10.2. The van der Waals surface area contributed by atoms with Gasteiger partial charge in [0.25, 0.3) is 0 Å². The Labute approximate surface area is 107 Å². The smallest absolute Gasteiger partial charge is 0.0967 e. The maximum atomic E-state index is 5.98. The minimum absolute atomic E-state index is 0.502. The molecule has 1 aromatic carbocycles. The number of benzene rings is 1. The van der Waals surface area contributed by atoms with E-state index in [-0.39, 0.29) is 0 Å². The van der Waals surface area contributed by atoms with Crippen molar-refractivity contribution in [1.29, 1.82) is 0 Å². The molecule has 0 N–H and O–H groups in total. The molecule has 0 aliphatic heterocycles. The van der Waals surface area contributed by atoms with Gasteiger partial charge in [0.1, 0.15) is 0 Å².